The van der Waals surface area contributed by atoms with Crippen molar-refractivity contribution in [2.24, 2.45) is 16.7 Å². The topological polar surface area (TPSA) is 82.9 Å². The van der Waals surface area contributed by atoms with E-state index >= 15 is 0 Å². The second-order valence-electron chi connectivity index (χ2n) is 2.16. The lowest BCUT2D eigenvalue weighted by atomic mass is 10.4. The Balaban J connectivity index is 3.77. The predicted octanol–water partition coefficient (Wildman–Crippen LogP) is 0.00650. The van der Waals surface area contributed by atoms with Crippen LogP contribution in [0, 0.1) is 0 Å². The minimum atomic E-state index is -0.327. The highest BCUT2D eigenvalue weighted by Gasteiger charge is 2.09. The largest absolute Gasteiger partial charge is 0.386 e. The number of hydrogen-bond acceptors (Lipinski definition) is 4. The molecule has 12 heavy (non-hydrogen) atoms. The molecule has 72 valence electrons. The monoisotopic (exact) mass is 175 g/mol. The molecule has 0 aliphatic heterocycles. The number of ether oxygens (including phenoxy) is 2. The Kier molecular flexibility index (Phi) is 6.41. The highest BCUT2D eigenvalue weighted by Crippen LogP contribution is 2.00. The third-order valence-electron chi connectivity index (χ3n) is 1.25. The summed E-state index contributed by atoms with van der Waals surface area (Å²) in [5, 5.41) is 3.33. The van der Waals surface area contributed by atoms with Crippen LogP contribution in [0.25, 0.3) is 0 Å². The molecule has 5 heteroatoms. The molecular formula is C7H17N3O2. The number of amidine groups is 1. The predicted molar refractivity (Wildman–Crippen MR) is 47.5 cm³/mol. The normalized spacial score (nSPS) is 12.4. The molecule has 0 amide bonds. The summed E-state index contributed by atoms with van der Waals surface area (Å²) in [6.45, 7) is 4.95. The van der Waals surface area contributed by atoms with Crippen LogP contribution in [0.15, 0.2) is 5.10 Å². The van der Waals surface area contributed by atoms with Crippen molar-refractivity contribution in [2.45, 2.75) is 26.6 Å². The number of nitrogens with two attached hydrogens (primary N) is 2. The fourth-order valence-corrected chi connectivity index (χ4v) is 0.761. The Hall–Kier alpha value is -0.810. The molecule has 0 radical (unpaired) electrons. The number of rotatable bonds is 6. The van der Waals surface area contributed by atoms with Gasteiger partial charge in [-0.1, -0.05) is 0 Å². The standard InChI is InChI=1S/C7H17N3O2/c1-3-11-7(12-4-2)5-6(8)10-9/h7H,3-5,9H2,1-2H3,(H2,8,10). The zero-order chi connectivity index (χ0) is 9.40. The Morgan fingerprint density at radius 3 is 2.17 bits per heavy atom. The fourth-order valence-electron chi connectivity index (χ4n) is 0.761. The lowest BCUT2D eigenvalue weighted by Gasteiger charge is -2.15. The van der Waals surface area contributed by atoms with Crippen LogP contribution in [0.1, 0.15) is 20.3 Å². The maximum Gasteiger partial charge on any atom is 0.164 e. The molecule has 0 aromatic carbocycles. The van der Waals surface area contributed by atoms with E-state index in [4.69, 9.17) is 21.1 Å². The molecule has 5 nitrogen and oxygen atoms in total. The van der Waals surface area contributed by atoms with Gasteiger partial charge in [-0.3, -0.25) is 0 Å². The smallest absolute Gasteiger partial charge is 0.164 e. The summed E-state index contributed by atoms with van der Waals surface area (Å²) in [5.41, 5.74) is 5.40. The van der Waals surface area contributed by atoms with Gasteiger partial charge in [0.15, 0.2) is 6.29 Å². The molecule has 0 aromatic rings. The number of hydrogen-bond donors (Lipinski definition) is 2. The third-order valence-corrected chi connectivity index (χ3v) is 1.25. The van der Waals surface area contributed by atoms with E-state index in [0.717, 1.165) is 0 Å². The molecule has 0 saturated heterocycles. The van der Waals surface area contributed by atoms with Gasteiger partial charge in [-0.25, -0.2) is 0 Å². The summed E-state index contributed by atoms with van der Waals surface area (Å²) in [6, 6.07) is 0. The molecule has 0 aliphatic carbocycles. The van der Waals surface area contributed by atoms with Crippen molar-refractivity contribution < 1.29 is 9.47 Å². The summed E-state index contributed by atoms with van der Waals surface area (Å²) in [5.74, 6) is 5.30. The maximum absolute atomic E-state index is 5.40. The number of nitrogens with zero attached hydrogens (tertiary/aromatic N) is 1. The van der Waals surface area contributed by atoms with Crippen molar-refractivity contribution >= 4 is 5.84 Å². The van der Waals surface area contributed by atoms with Gasteiger partial charge in [-0.05, 0) is 13.8 Å². The summed E-state index contributed by atoms with van der Waals surface area (Å²) >= 11 is 0. The van der Waals surface area contributed by atoms with E-state index in [9.17, 15) is 0 Å². The third kappa shape index (κ3) is 4.92. The zero-order valence-electron chi connectivity index (χ0n) is 7.62. The van der Waals surface area contributed by atoms with Crippen molar-refractivity contribution in [3.63, 3.8) is 0 Å². The lowest BCUT2D eigenvalue weighted by molar-refractivity contribution is -0.130. The van der Waals surface area contributed by atoms with Crippen molar-refractivity contribution in [1.82, 2.24) is 0 Å². The molecule has 0 aliphatic rings. The molecule has 0 atom stereocenters. The highest BCUT2D eigenvalue weighted by molar-refractivity contribution is 5.80. The van der Waals surface area contributed by atoms with Crippen LogP contribution >= 0.6 is 0 Å². The van der Waals surface area contributed by atoms with Gasteiger partial charge in [0.25, 0.3) is 0 Å². The van der Waals surface area contributed by atoms with E-state index < -0.39 is 0 Å². The van der Waals surface area contributed by atoms with E-state index in [1.807, 2.05) is 13.8 Å². The summed E-state index contributed by atoms with van der Waals surface area (Å²) < 4.78 is 10.4. The summed E-state index contributed by atoms with van der Waals surface area (Å²) in [6.07, 6.45) is 0.0883. The van der Waals surface area contributed by atoms with Gasteiger partial charge in [-0.2, -0.15) is 5.10 Å². The Labute approximate surface area is 72.7 Å². The Bertz CT molecular complexity index is 133. The molecule has 0 rings (SSSR count). The van der Waals surface area contributed by atoms with Crippen LogP contribution < -0.4 is 11.6 Å². The first-order valence-electron chi connectivity index (χ1n) is 4.00. The molecule has 0 unspecified atom stereocenters. The first kappa shape index (κ1) is 11.2. The van der Waals surface area contributed by atoms with Crippen LogP contribution in [-0.4, -0.2) is 25.3 Å². The second-order valence-corrected chi connectivity index (χ2v) is 2.16. The van der Waals surface area contributed by atoms with Gasteiger partial charge < -0.3 is 21.1 Å². The molecular weight excluding hydrogens is 158 g/mol. The molecule has 0 aromatic heterocycles. The van der Waals surface area contributed by atoms with Gasteiger partial charge in [-0.15, -0.1) is 0 Å². The van der Waals surface area contributed by atoms with Gasteiger partial charge in [0, 0.05) is 13.2 Å². The van der Waals surface area contributed by atoms with Crippen LogP contribution in [0.4, 0.5) is 0 Å². The second kappa shape index (κ2) is 6.87. The summed E-state index contributed by atoms with van der Waals surface area (Å²) in [7, 11) is 0. The van der Waals surface area contributed by atoms with E-state index in [1.165, 1.54) is 0 Å². The van der Waals surface area contributed by atoms with E-state index in [-0.39, 0.29) is 6.29 Å². The molecule has 0 spiro atoms. The average molecular weight is 175 g/mol. The van der Waals surface area contributed by atoms with E-state index in [0.29, 0.717) is 25.5 Å². The molecule has 0 saturated carbocycles. The first-order chi connectivity index (χ1) is 5.74. The molecule has 0 bridgehead atoms. The van der Waals surface area contributed by atoms with E-state index in [2.05, 4.69) is 5.10 Å². The zero-order valence-corrected chi connectivity index (χ0v) is 7.62. The average Bonchev–Trinajstić information content (AvgIpc) is 2.05. The molecule has 0 fully saturated rings. The van der Waals surface area contributed by atoms with Gasteiger partial charge >= 0.3 is 0 Å². The SMILES string of the molecule is CCOC(CC(N)=NN)OCC. The summed E-state index contributed by atoms with van der Waals surface area (Å²) in [4.78, 5) is 0. The quantitative estimate of drug-likeness (QED) is 0.196. The van der Waals surface area contributed by atoms with Gasteiger partial charge in [0.2, 0.25) is 0 Å². The fraction of sp³-hybridized carbons (Fsp3) is 0.857. The van der Waals surface area contributed by atoms with Crippen molar-refractivity contribution in [1.29, 1.82) is 0 Å². The van der Waals surface area contributed by atoms with Gasteiger partial charge in [0.1, 0.15) is 5.84 Å². The van der Waals surface area contributed by atoms with E-state index in [1.54, 1.807) is 0 Å². The van der Waals surface area contributed by atoms with Crippen molar-refractivity contribution in [3.8, 4) is 0 Å². The minimum Gasteiger partial charge on any atom is -0.386 e. The van der Waals surface area contributed by atoms with Crippen LogP contribution in [0.2, 0.25) is 0 Å². The first-order valence-corrected chi connectivity index (χ1v) is 4.00. The Morgan fingerprint density at radius 2 is 1.83 bits per heavy atom. The van der Waals surface area contributed by atoms with Crippen LogP contribution in [0.5, 0.6) is 0 Å². The van der Waals surface area contributed by atoms with Crippen LogP contribution in [0.3, 0.4) is 0 Å². The van der Waals surface area contributed by atoms with Gasteiger partial charge in [0.05, 0.1) is 6.42 Å². The minimum absolute atomic E-state index is 0.327. The lowest BCUT2D eigenvalue weighted by Crippen LogP contribution is -2.26. The molecule has 4 N–H and O–H groups in total. The Morgan fingerprint density at radius 1 is 1.33 bits per heavy atom. The number of hydrazone groups is 1. The molecule has 0 heterocycles. The van der Waals surface area contributed by atoms with Crippen molar-refractivity contribution in [2.75, 3.05) is 13.2 Å². The van der Waals surface area contributed by atoms with Crippen molar-refractivity contribution in [3.05, 3.63) is 0 Å². The van der Waals surface area contributed by atoms with Crippen LogP contribution in [-0.2, 0) is 9.47 Å². The highest BCUT2D eigenvalue weighted by atomic mass is 16.7. The maximum atomic E-state index is 5.40.